The smallest absolute Gasteiger partial charge is 0.0525 e. The molecule has 0 atom stereocenters. The predicted octanol–water partition coefficient (Wildman–Crippen LogP) is 1.95. The molecule has 0 amide bonds. The molecule has 1 aliphatic heterocycles. The molecule has 4 heteroatoms. The van der Waals surface area contributed by atoms with Crippen LogP contribution in [-0.2, 0) is 0 Å². The maximum Gasteiger partial charge on any atom is 0.0525 e. The number of benzene rings is 1. The number of nitrogens with zero attached hydrogens (tertiary/aromatic N) is 1. The Morgan fingerprint density at radius 3 is 3.06 bits per heavy atom. The first-order valence-corrected chi connectivity index (χ1v) is 6.68. The highest BCUT2D eigenvalue weighted by molar-refractivity contribution is 7.99. The highest BCUT2D eigenvalue weighted by Crippen LogP contribution is 2.35. The van der Waals surface area contributed by atoms with Crippen molar-refractivity contribution in [3.63, 3.8) is 0 Å². The maximum atomic E-state index is 8.79. The van der Waals surface area contributed by atoms with Gasteiger partial charge in [-0.3, -0.25) is 0 Å². The molecule has 0 radical (unpaired) electrons. The second kappa shape index (κ2) is 5.46. The van der Waals surface area contributed by atoms with Gasteiger partial charge in [0.05, 0.1) is 5.69 Å². The number of nitrogen functional groups attached to an aromatic ring is 1. The van der Waals surface area contributed by atoms with Crippen LogP contribution >= 0.6 is 11.8 Å². The Morgan fingerprint density at radius 2 is 2.25 bits per heavy atom. The van der Waals surface area contributed by atoms with Gasteiger partial charge in [-0.05, 0) is 31.0 Å². The van der Waals surface area contributed by atoms with E-state index in [0.29, 0.717) is 0 Å². The molecule has 0 fully saturated rings. The fraction of sp³-hybridized carbons (Fsp3) is 0.500. The topological polar surface area (TPSA) is 49.5 Å². The van der Waals surface area contributed by atoms with E-state index in [-0.39, 0.29) is 6.61 Å². The first kappa shape index (κ1) is 11.6. The van der Waals surface area contributed by atoms with Crippen molar-refractivity contribution < 1.29 is 5.11 Å². The van der Waals surface area contributed by atoms with Gasteiger partial charge in [0.1, 0.15) is 0 Å². The molecule has 0 spiro atoms. The van der Waals surface area contributed by atoms with E-state index < -0.39 is 0 Å². The quantitative estimate of drug-likeness (QED) is 0.622. The zero-order valence-electron chi connectivity index (χ0n) is 9.35. The van der Waals surface area contributed by atoms with E-state index in [0.717, 1.165) is 37.4 Å². The first-order valence-electron chi connectivity index (χ1n) is 5.69. The third-order valence-electron chi connectivity index (χ3n) is 2.78. The molecule has 88 valence electrons. The standard InChI is InChI=1S/C12H18N2OS/c13-10-3-4-12-11(9-10)14(6-8-16-12)5-1-2-7-15/h3-4,9,15H,1-2,5-8,13H2. The molecule has 3 nitrogen and oxygen atoms in total. The molecule has 2 rings (SSSR count). The Morgan fingerprint density at radius 1 is 1.38 bits per heavy atom. The summed E-state index contributed by atoms with van der Waals surface area (Å²) < 4.78 is 0. The van der Waals surface area contributed by atoms with E-state index in [1.54, 1.807) is 0 Å². The zero-order valence-corrected chi connectivity index (χ0v) is 10.2. The van der Waals surface area contributed by atoms with Gasteiger partial charge >= 0.3 is 0 Å². The van der Waals surface area contributed by atoms with Crippen LogP contribution in [0.4, 0.5) is 11.4 Å². The van der Waals surface area contributed by atoms with E-state index in [4.69, 9.17) is 10.8 Å². The molecule has 1 aromatic rings. The fourth-order valence-corrected chi connectivity index (χ4v) is 2.97. The fourth-order valence-electron chi connectivity index (χ4n) is 1.94. The van der Waals surface area contributed by atoms with E-state index in [9.17, 15) is 0 Å². The molecular formula is C12H18N2OS. The molecule has 0 aliphatic carbocycles. The van der Waals surface area contributed by atoms with Crippen molar-refractivity contribution in [1.82, 2.24) is 0 Å². The number of thioether (sulfide) groups is 1. The molecule has 0 saturated heterocycles. The van der Waals surface area contributed by atoms with Gasteiger partial charge in [0.2, 0.25) is 0 Å². The van der Waals surface area contributed by atoms with E-state index in [1.165, 1.54) is 10.6 Å². The Hall–Kier alpha value is -0.870. The minimum absolute atomic E-state index is 0.284. The number of anilines is 2. The average Bonchev–Trinajstić information content (AvgIpc) is 2.30. The van der Waals surface area contributed by atoms with Gasteiger partial charge in [-0.25, -0.2) is 0 Å². The lowest BCUT2D eigenvalue weighted by molar-refractivity contribution is 0.285. The molecule has 1 aliphatic rings. The monoisotopic (exact) mass is 238 g/mol. The molecule has 3 N–H and O–H groups in total. The van der Waals surface area contributed by atoms with E-state index >= 15 is 0 Å². The molecule has 0 bridgehead atoms. The summed E-state index contributed by atoms with van der Waals surface area (Å²) in [5, 5.41) is 8.79. The molecule has 0 saturated carbocycles. The Bertz CT molecular complexity index is 357. The van der Waals surface area contributed by atoms with E-state index in [2.05, 4.69) is 17.0 Å². The van der Waals surface area contributed by atoms with Crippen LogP contribution in [0.25, 0.3) is 0 Å². The number of hydrogen-bond acceptors (Lipinski definition) is 4. The largest absolute Gasteiger partial charge is 0.399 e. The second-order valence-electron chi connectivity index (χ2n) is 3.99. The van der Waals surface area contributed by atoms with Crippen LogP contribution in [0.2, 0.25) is 0 Å². The Labute approximate surface area is 101 Å². The molecule has 0 aromatic heterocycles. The Kier molecular flexibility index (Phi) is 3.96. The number of fused-ring (bicyclic) bond motifs is 1. The number of hydrogen-bond donors (Lipinski definition) is 2. The van der Waals surface area contributed by atoms with Gasteiger partial charge in [-0.1, -0.05) is 0 Å². The van der Waals surface area contributed by atoms with Crippen LogP contribution in [0, 0.1) is 0 Å². The normalized spacial score (nSPS) is 14.9. The lowest BCUT2D eigenvalue weighted by Gasteiger charge is -2.31. The molecule has 1 heterocycles. The summed E-state index contributed by atoms with van der Waals surface area (Å²) in [6, 6.07) is 6.12. The van der Waals surface area contributed by atoms with Crippen LogP contribution in [-0.4, -0.2) is 30.6 Å². The van der Waals surface area contributed by atoms with Crippen LogP contribution in [0.15, 0.2) is 23.1 Å². The summed E-state index contributed by atoms with van der Waals surface area (Å²) in [5.41, 5.74) is 7.91. The van der Waals surface area contributed by atoms with Crippen molar-refractivity contribution in [2.24, 2.45) is 0 Å². The van der Waals surface area contributed by atoms with Crippen molar-refractivity contribution in [2.75, 3.05) is 36.1 Å². The number of unbranched alkanes of at least 4 members (excludes halogenated alkanes) is 1. The van der Waals surface area contributed by atoms with Gasteiger partial charge in [0.15, 0.2) is 0 Å². The van der Waals surface area contributed by atoms with Crippen LogP contribution in [0.3, 0.4) is 0 Å². The molecule has 0 unspecified atom stereocenters. The van der Waals surface area contributed by atoms with Crippen LogP contribution in [0.5, 0.6) is 0 Å². The highest BCUT2D eigenvalue weighted by Gasteiger charge is 2.16. The van der Waals surface area contributed by atoms with Crippen molar-refractivity contribution in [2.45, 2.75) is 17.7 Å². The second-order valence-corrected chi connectivity index (χ2v) is 5.13. The first-order chi connectivity index (χ1) is 7.81. The predicted molar refractivity (Wildman–Crippen MR) is 70.1 cm³/mol. The van der Waals surface area contributed by atoms with Crippen LogP contribution in [0.1, 0.15) is 12.8 Å². The lowest BCUT2D eigenvalue weighted by atomic mass is 10.2. The van der Waals surface area contributed by atoms with Crippen LogP contribution < -0.4 is 10.6 Å². The summed E-state index contributed by atoms with van der Waals surface area (Å²) >= 11 is 1.89. The summed E-state index contributed by atoms with van der Waals surface area (Å²) in [4.78, 5) is 3.70. The molecule has 16 heavy (non-hydrogen) atoms. The minimum Gasteiger partial charge on any atom is -0.399 e. The minimum atomic E-state index is 0.284. The van der Waals surface area contributed by atoms with Gasteiger partial charge < -0.3 is 15.7 Å². The Balaban J connectivity index is 2.09. The lowest BCUT2D eigenvalue weighted by Crippen LogP contribution is -2.30. The van der Waals surface area contributed by atoms with Crippen molar-refractivity contribution in [3.05, 3.63) is 18.2 Å². The summed E-state index contributed by atoms with van der Waals surface area (Å²) in [5.74, 6) is 1.13. The maximum absolute atomic E-state index is 8.79. The number of rotatable bonds is 4. The third kappa shape index (κ3) is 2.62. The summed E-state index contributed by atoms with van der Waals surface area (Å²) in [7, 11) is 0. The van der Waals surface area contributed by atoms with Crippen molar-refractivity contribution in [1.29, 1.82) is 0 Å². The highest BCUT2D eigenvalue weighted by atomic mass is 32.2. The van der Waals surface area contributed by atoms with Crippen molar-refractivity contribution >= 4 is 23.1 Å². The van der Waals surface area contributed by atoms with Gasteiger partial charge in [0.25, 0.3) is 0 Å². The molecular weight excluding hydrogens is 220 g/mol. The number of aliphatic hydroxyl groups is 1. The van der Waals surface area contributed by atoms with Gasteiger partial charge in [-0.2, -0.15) is 0 Å². The molecule has 1 aromatic carbocycles. The summed E-state index contributed by atoms with van der Waals surface area (Å²) in [6.45, 7) is 2.37. The van der Waals surface area contributed by atoms with Gasteiger partial charge in [0, 0.05) is 36.0 Å². The van der Waals surface area contributed by atoms with Crippen molar-refractivity contribution in [3.8, 4) is 0 Å². The number of aliphatic hydroxyl groups excluding tert-OH is 1. The van der Waals surface area contributed by atoms with Gasteiger partial charge in [-0.15, -0.1) is 11.8 Å². The number of nitrogens with two attached hydrogens (primary N) is 1. The summed E-state index contributed by atoms with van der Waals surface area (Å²) in [6.07, 6.45) is 1.91. The SMILES string of the molecule is Nc1ccc2c(c1)N(CCCCO)CCS2. The van der Waals surface area contributed by atoms with E-state index in [1.807, 2.05) is 17.8 Å². The average molecular weight is 238 g/mol. The zero-order chi connectivity index (χ0) is 11.4. The third-order valence-corrected chi connectivity index (χ3v) is 3.82.